The van der Waals surface area contributed by atoms with Gasteiger partial charge in [-0.15, -0.1) is 0 Å². The number of carboxylic acid groups (broad SMARTS) is 1. The second-order valence-electron chi connectivity index (χ2n) is 9.28. The van der Waals surface area contributed by atoms with Gasteiger partial charge in [0.1, 0.15) is 29.6 Å². The zero-order valence-corrected chi connectivity index (χ0v) is 21.5. The van der Waals surface area contributed by atoms with E-state index >= 15 is 0 Å². The second-order valence-corrected chi connectivity index (χ2v) is 9.28. The summed E-state index contributed by atoms with van der Waals surface area (Å²) in [6.07, 6.45) is 0.571. The molecule has 0 aliphatic carbocycles. The summed E-state index contributed by atoms with van der Waals surface area (Å²) in [5, 5.41) is 9.51. The van der Waals surface area contributed by atoms with E-state index < -0.39 is 11.6 Å². The Bertz CT molecular complexity index is 1360. The minimum Gasteiger partial charge on any atom is -0.493 e. The number of benzene rings is 3. The average molecular weight is 502 g/mol. The van der Waals surface area contributed by atoms with Gasteiger partial charge in [0.15, 0.2) is 5.60 Å². The van der Waals surface area contributed by atoms with E-state index in [9.17, 15) is 9.90 Å². The summed E-state index contributed by atoms with van der Waals surface area (Å²) in [5.74, 6) is 2.04. The molecule has 7 heteroatoms. The second kappa shape index (κ2) is 11.2. The summed E-state index contributed by atoms with van der Waals surface area (Å²) in [7, 11) is 0. The lowest BCUT2D eigenvalue weighted by Gasteiger charge is -2.24. The molecule has 37 heavy (non-hydrogen) atoms. The Labute approximate surface area is 216 Å². The van der Waals surface area contributed by atoms with Crippen molar-refractivity contribution in [1.29, 1.82) is 0 Å². The van der Waals surface area contributed by atoms with Crippen molar-refractivity contribution in [2.45, 2.75) is 46.3 Å². The maximum atomic E-state index is 11.6. The van der Waals surface area contributed by atoms with E-state index in [1.54, 1.807) is 12.1 Å². The first kappa shape index (κ1) is 25.8. The van der Waals surface area contributed by atoms with Crippen molar-refractivity contribution in [1.82, 2.24) is 4.98 Å². The Morgan fingerprint density at radius 1 is 0.946 bits per heavy atom. The minimum absolute atomic E-state index is 0.189. The number of carboxylic acids is 1. The Kier molecular flexibility index (Phi) is 7.82. The first-order valence-corrected chi connectivity index (χ1v) is 12.1. The van der Waals surface area contributed by atoms with Crippen LogP contribution in [0.15, 0.2) is 77.2 Å². The molecule has 1 heterocycles. The zero-order chi connectivity index (χ0) is 26.4. The molecule has 0 radical (unpaired) electrons. The van der Waals surface area contributed by atoms with Gasteiger partial charge in [0.25, 0.3) is 0 Å². The van der Waals surface area contributed by atoms with Crippen molar-refractivity contribution in [3.8, 4) is 28.7 Å². The number of hydrogen-bond donors (Lipinski definition) is 1. The molecule has 1 aromatic heterocycles. The molecule has 4 aromatic rings. The van der Waals surface area contributed by atoms with Gasteiger partial charge in [0, 0.05) is 17.5 Å². The number of hydrogen-bond acceptors (Lipinski definition) is 6. The van der Waals surface area contributed by atoms with Crippen LogP contribution in [0.5, 0.6) is 17.2 Å². The maximum Gasteiger partial charge on any atom is 0.347 e. The van der Waals surface area contributed by atoms with Gasteiger partial charge in [-0.05, 0) is 75.7 Å². The van der Waals surface area contributed by atoms with Crippen molar-refractivity contribution in [2.75, 3.05) is 6.61 Å². The Balaban J connectivity index is 1.47. The van der Waals surface area contributed by atoms with E-state index in [-0.39, 0.29) is 6.61 Å². The van der Waals surface area contributed by atoms with Gasteiger partial charge < -0.3 is 23.7 Å². The lowest BCUT2D eigenvalue weighted by molar-refractivity contribution is -0.152. The van der Waals surface area contributed by atoms with E-state index in [1.807, 2.05) is 74.5 Å². The minimum atomic E-state index is -1.40. The van der Waals surface area contributed by atoms with E-state index in [1.165, 1.54) is 13.8 Å². The average Bonchev–Trinajstić information content (AvgIpc) is 3.24. The summed E-state index contributed by atoms with van der Waals surface area (Å²) in [6, 6.07) is 22.8. The molecule has 0 fully saturated rings. The highest BCUT2D eigenvalue weighted by Gasteiger charge is 2.30. The smallest absolute Gasteiger partial charge is 0.347 e. The predicted molar refractivity (Wildman–Crippen MR) is 140 cm³/mol. The molecule has 0 amide bonds. The van der Waals surface area contributed by atoms with Gasteiger partial charge in [-0.3, -0.25) is 0 Å². The molecule has 0 unspecified atom stereocenters. The van der Waals surface area contributed by atoms with Gasteiger partial charge in [-0.1, -0.05) is 30.3 Å². The number of ether oxygens (including phenoxy) is 3. The highest BCUT2D eigenvalue weighted by molar-refractivity contribution is 5.76. The van der Waals surface area contributed by atoms with Crippen LogP contribution < -0.4 is 14.2 Å². The van der Waals surface area contributed by atoms with Gasteiger partial charge in [0.2, 0.25) is 5.89 Å². The molecule has 0 saturated heterocycles. The fourth-order valence-corrected chi connectivity index (χ4v) is 3.67. The van der Waals surface area contributed by atoms with Crippen LogP contribution in [0.3, 0.4) is 0 Å². The fourth-order valence-electron chi connectivity index (χ4n) is 3.67. The van der Waals surface area contributed by atoms with Crippen LogP contribution in [-0.4, -0.2) is 28.3 Å². The van der Waals surface area contributed by atoms with E-state index in [0.29, 0.717) is 41.7 Å². The SMILES string of the molecule is Cc1cccc(OCc2cc(OCCc3nc(-c4ccccc4)oc3C)ccc2OC(C)(C)C(=O)O)c1. The van der Waals surface area contributed by atoms with Crippen molar-refractivity contribution < 1.29 is 28.5 Å². The van der Waals surface area contributed by atoms with Gasteiger partial charge in [0.05, 0.1) is 12.3 Å². The molecular weight excluding hydrogens is 470 g/mol. The third-order valence-corrected chi connectivity index (χ3v) is 5.82. The van der Waals surface area contributed by atoms with Crippen molar-refractivity contribution >= 4 is 5.97 Å². The Hall–Kier alpha value is -4.26. The van der Waals surface area contributed by atoms with E-state index in [2.05, 4.69) is 4.98 Å². The van der Waals surface area contributed by atoms with Crippen LogP contribution in [0.1, 0.15) is 36.4 Å². The summed E-state index contributed by atoms with van der Waals surface area (Å²) in [5.41, 5.74) is 2.12. The molecule has 1 N–H and O–H groups in total. The van der Waals surface area contributed by atoms with Gasteiger partial charge in [-0.2, -0.15) is 0 Å². The van der Waals surface area contributed by atoms with E-state index in [4.69, 9.17) is 18.6 Å². The zero-order valence-electron chi connectivity index (χ0n) is 21.5. The molecule has 0 spiro atoms. The topological polar surface area (TPSA) is 91.0 Å². The summed E-state index contributed by atoms with van der Waals surface area (Å²) >= 11 is 0. The monoisotopic (exact) mass is 501 g/mol. The summed E-state index contributed by atoms with van der Waals surface area (Å²) in [4.78, 5) is 16.2. The number of aryl methyl sites for hydroxylation is 2. The standard InChI is InChI=1S/C30H31NO6/c1-20-9-8-12-24(17-20)35-19-23-18-25(13-14-27(23)37-30(3,4)29(32)33)34-16-15-26-21(2)36-28(31-26)22-10-6-5-7-11-22/h5-14,17-18H,15-16,19H2,1-4H3,(H,32,33). The lowest BCUT2D eigenvalue weighted by atomic mass is 10.1. The molecule has 0 atom stereocenters. The molecule has 3 aromatic carbocycles. The molecule has 192 valence electrons. The molecule has 0 bridgehead atoms. The van der Waals surface area contributed by atoms with Crippen molar-refractivity contribution in [2.24, 2.45) is 0 Å². The quantitative estimate of drug-likeness (QED) is 0.254. The summed E-state index contributed by atoms with van der Waals surface area (Å²) < 4.78 is 23.7. The van der Waals surface area contributed by atoms with Crippen LogP contribution in [0.25, 0.3) is 11.5 Å². The number of carbonyl (C=O) groups is 1. The maximum absolute atomic E-state index is 11.6. The van der Waals surface area contributed by atoms with Crippen molar-refractivity contribution in [3.05, 3.63) is 95.4 Å². The Morgan fingerprint density at radius 3 is 2.43 bits per heavy atom. The molecular formula is C30H31NO6. The largest absolute Gasteiger partial charge is 0.493 e. The van der Waals surface area contributed by atoms with E-state index in [0.717, 1.165) is 22.6 Å². The van der Waals surface area contributed by atoms with Crippen LogP contribution in [0, 0.1) is 13.8 Å². The molecule has 0 aliphatic heterocycles. The highest BCUT2D eigenvalue weighted by atomic mass is 16.5. The van der Waals surface area contributed by atoms with Crippen LogP contribution >= 0.6 is 0 Å². The Morgan fingerprint density at radius 2 is 1.70 bits per heavy atom. The molecule has 0 aliphatic rings. The van der Waals surface area contributed by atoms with Crippen LogP contribution in [-0.2, 0) is 17.8 Å². The van der Waals surface area contributed by atoms with Crippen LogP contribution in [0.4, 0.5) is 0 Å². The van der Waals surface area contributed by atoms with Crippen LogP contribution in [0.2, 0.25) is 0 Å². The normalized spacial score (nSPS) is 11.2. The molecule has 4 rings (SSSR count). The first-order valence-electron chi connectivity index (χ1n) is 12.1. The first-order chi connectivity index (χ1) is 17.7. The predicted octanol–water partition coefficient (Wildman–Crippen LogP) is 6.40. The van der Waals surface area contributed by atoms with Gasteiger partial charge >= 0.3 is 5.97 Å². The number of aliphatic carboxylic acids is 1. The third-order valence-electron chi connectivity index (χ3n) is 5.82. The van der Waals surface area contributed by atoms with Gasteiger partial charge in [-0.25, -0.2) is 9.78 Å². The highest BCUT2D eigenvalue weighted by Crippen LogP contribution is 2.30. The fraction of sp³-hybridized carbons (Fsp3) is 0.267. The molecule has 0 saturated carbocycles. The number of aromatic nitrogens is 1. The lowest BCUT2D eigenvalue weighted by Crippen LogP contribution is -2.38. The number of nitrogens with zero attached hydrogens (tertiary/aromatic N) is 1. The third kappa shape index (κ3) is 6.70. The molecule has 7 nitrogen and oxygen atoms in total. The number of oxazole rings is 1. The van der Waals surface area contributed by atoms with Crippen molar-refractivity contribution in [3.63, 3.8) is 0 Å². The summed E-state index contributed by atoms with van der Waals surface area (Å²) in [6.45, 7) is 7.48. The number of rotatable bonds is 11.